The van der Waals surface area contributed by atoms with Crippen LogP contribution < -0.4 is 5.73 Å². The quantitative estimate of drug-likeness (QED) is 0.400. The predicted octanol–water partition coefficient (Wildman–Crippen LogP) is 2.00. The Hall–Kier alpha value is -2.74. The molecule has 2 N–H and O–H groups in total. The molecule has 0 saturated carbocycles. The minimum atomic E-state index is -4.14. The molecule has 0 spiro atoms. The fraction of sp³-hybridized carbons (Fsp3) is 0.0714. The van der Waals surface area contributed by atoms with E-state index in [1.165, 1.54) is 19.1 Å². The Morgan fingerprint density at radius 3 is 2.41 bits per heavy atom. The van der Waals surface area contributed by atoms with Crippen LogP contribution >= 0.6 is 0 Å². The number of nitrogens with zero attached hydrogens (tertiary/aromatic N) is 2. The maximum Gasteiger partial charge on any atom is 0.284 e. The van der Waals surface area contributed by atoms with Crippen molar-refractivity contribution in [2.75, 3.05) is 0 Å². The first-order valence-electron chi connectivity index (χ1n) is 6.22. The summed E-state index contributed by atoms with van der Waals surface area (Å²) < 4.78 is 28.2. The second-order valence-electron chi connectivity index (χ2n) is 4.52. The summed E-state index contributed by atoms with van der Waals surface area (Å²) in [6.07, 6.45) is 0. The fourth-order valence-electron chi connectivity index (χ4n) is 1.82. The number of aryl methyl sites for hydroxylation is 1. The summed E-state index contributed by atoms with van der Waals surface area (Å²) in [6, 6.07) is 12.0. The zero-order chi connectivity index (χ0) is 16.3. The van der Waals surface area contributed by atoms with E-state index in [4.69, 9.17) is 5.73 Å². The highest BCUT2D eigenvalue weighted by molar-refractivity contribution is 7.90. The summed E-state index contributed by atoms with van der Waals surface area (Å²) in [5.41, 5.74) is 6.19. The molecule has 0 atom stereocenters. The zero-order valence-corrected chi connectivity index (χ0v) is 12.4. The molecule has 2 aromatic carbocycles. The number of sulfonamides is 1. The Balaban J connectivity index is 2.52. The van der Waals surface area contributed by atoms with Crippen LogP contribution in [0.25, 0.3) is 0 Å². The van der Waals surface area contributed by atoms with Gasteiger partial charge in [-0.25, -0.2) is 0 Å². The first kappa shape index (κ1) is 15.6. The van der Waals surface area contributed by atoms with Crippen molar-refractivity contribution in [1.82, 2.24) is 0 Å². The Morgan fingerprint density at radius 1 is 1.18 bits per heavy atom. The zero-order valence-electron chi connectivity index (χ0n) is 11.6. The van der Waals surface area contributed by atoms with Crippen molar-refractivity contribution in [3.63, 3.8) is 0 Å². The van der Waals surface area contributed by atoms with Crippen molar-refractivity contribution < 1.29 is 13.3 Å². The number of hydrogen-bond donors (Lipinski definition) is 1. The van der Waals surface area contributed by atoms with Crippen LogP contribution in [-0.2, 0) is 10.0 Å². The van der Waals surface area contributed by atoms with Crippen LogP contribution in [0.1, 0.15) is 11.1 Å². The number of amidine groups is 1. The Kier molecular flexibility index (Phi) is 4.22. The number of nitrogens with two attached hydrogens (primary N) is 1. The Labute approximate surface area is 127 Å². The summed E-state index contributed by atoms with van der Waals surface area (Å²) in [5.74, 6) is -0.175. The molecule has 22 heavy (non-hydrogen) atoms. The summed E-state index contributed by atoms with van der Waals surface area (Å²) in [4.78, 5) is 9.89. The van der Waals surface area contributed by atoms with Crippen LogP contribution in [0.15, 0.2) is 57.8 Å². The van der Waals surface area contributed by atoms with Gasteiger partial charge in [0.15, 0.2) is 0 Å². The van der Waals surface area contributed by atoms with E-state index in [1.54, 1.807) is 30.3 Å². The van der Waals surface area contributed by atoms with E-state index in [-0.39, 0.29) is 16.4 Å². The minimum Gasteiger partial charge on any atom is -0.383 e. The fourth-order valence-corrected chi connectivity index (χ4v) is 3.03. The summed E-state index contributed by atoms with van der Waals surface area (Å²) in [6.45, 7) is 1.53. The highest BCUT2D eigenvalue weighted by atomic mass is 32.2. The lowest BCUT2D eigenvalue weighted by atomic mass is 10.2. The van der Waals surface area contributed by atoms with Gasteiger partial charge >= 0.3 is 0 Å². The highest BCUT2D eigenvalue weighted by Crippen LogP contribution is 2.23. The Morgan fingerprint density at radius 2 is 1.82 bits per heavy atom. The average molecular weight is 319 g/mol. The first-order chi connectivity index (χ1) is 10.3. The van der Waals surface area contributed by atoms with Crippen LogP contribution in [0, 0.1) is 17.0 Å². The largest absolute Gasteiger partial charge is 0.383 e. The molecule has 0 radical (unpaired) electrons. The molecule has 0 heterocycles. The molecule has 8 heteroatoms. The number of nitro groups is 1. The average Bonchev–Trinajstić information content (AvgIpc) is 2.47. The number of benzene rings is 2. The number of hydrogen-bond acceptors (Lipinski definition) is 4. The number of rotatable bonds is 4. The van der Waals surface area contributed by atoms with Crippen molar-refractivity contribution in [3.8, 4) is 0 Å². The second kappa shape index (κ2) is 5.94. The normalized spacial score (nSPS) is 12.1. The second-order valence-corrected chi connectivity index (χ2v) is 6.10. The monoisotopic (exact) mass is 319 g/mol. The van der Waals surface area contributed by atoms with Gasteiger partial charge in [-0.15, -0.1) is 4.40 Å². The topological polar surface area (TPSA) is 116 Å². The van der Waals surface area contributed by atoms with E-state index in [2.05, 4.69) is 4.40 Å². The maximum absolute atomic E-state index is 12.3. The van der Waals surface area contributed by atoms with Crippen molar-refractivity contribution in [1.29, 1.82) is 0 Å². The lowest BCUT2D eigenvalue weighted by Gasteiger charge is -2.05. The molecule has 0 aliphatic carbocycles. The molecule has 0 amide bonds. The van der Waals surface area contributed by atoms with Gasteiger partial charge in [-0.2, -0.15) is 8.42 Å². The van der Waals surface area contributed by atoms with Crippen LogP contribution in [-0.4, -0.2) is 19.2 Å². The third-order valence-corrected chi connectivity index (χ3v) is 4.38. The standard InChI is InChI=1S/C14H13N3O4S/c1-10-7-8-12(17(18)19)9-13(10)22(20,21)16-14(15)11-5-3-2-4-6-11/h2-9H,1H3,(H2,15,16). The number of non-ortho nitro benzene ring substituents is 1. The molecule has 2 aromatic rings. The van der Waals surface area contributed by atoms with Crippen LogP contribution in [0.4, 0.5) is 5.69 Å². The molecule has 0 bridgehead atoms. The van der Waals surface area contributed by atoms with Gasteiger partial charge in [-0.3, -0.25) is 10.1 Å². The van der Waals surface area contributed by atoms with Crippen molar-refractivity contribution in [2.24, 2.45) is 10.1 Å². The molecule has 0 saturated heterocycles. The van der Waals surface area contributed by atoms with Gasteiger partial charge in [0.05, 0.1) is 9.82 Å². The highest BCUT2D eigenvalue weighted by Gasteiger charge is 2.20. The molecule has 0 aliphatic heterocycles. The predicted molar refractivity (Wildman–Crippen MR) is 82.2 cm³/mol. The van der Waals surface area contributed by atoms with Crippen LogP contribution in [0.2, 0.25) is 0 Å². The minimum absolute atomic E-state index is 0.175. The smallest absolute Gasteiger partial charge is 0.284 e. The van der Waals surface area contributed by atoms with Crippen molar-refractivity contribution in [3.05, 3.63) is 69.8 Å². The van der Waals surface area contributed by atoms with Gasteiger partial charge < -0.3 is 5.73 Å². The molecule has 0 aromatic heterocycles. The Bertz CT molecular complexity index is 846. The van der Waals surface area contributed by atoms with Gasteiger partial charge in [-0.05, 0) is 12.5 Å². The summed E-state index contributed by atoms with van der Waals surface area (Å²) >= 11 is 0. The molecule has 114 valence electrons. The third-order valence-electron chi connectivity index (χ3n) is 2.95. The van der Waals surface area contributed by atoms with E-state index in [9.17, 15) is 18.5 Å². The first-order valence-corrected chi connectivity index (χ1v) is 7.66. The van der Waals surface area contributed by atoms with E-state index in [0.29, 0.717) is 11.1 Å². The van der Waals surface area contributed by atoms with Crippen LogP contribution in [0.3, 0.4) is 0 Å². The maximum atomic E-state index is 12.3. The number of nitro benzene ring substituents is 1. The van der Waals surface area contributed by atoms with E-state index >= 15 is 0 Å². The third kappa shape index (κ3) is 3.29. The summed E-state index contributed by atoms with van der Waals surface area (Å²) in [7, 11) is -4.14. The molecular weight excluding hydrogens is 306 g/mol. The lowest BCUT2D eigenvalue weighted by molar-refractivity contribution is -0.385. The molecule has 0 unspecified atom stereocenters. The van der Waals surface area contributed by atoms with Gasteiger partial charge in [-0.1, -0.05) is 36.4 Å². The van der Waals surface area contributed by atoms with Crippen LogP contribution in [0.5, 0.6) is 0 Å². The summed E-state index contributed by atoms with van der Waals surface area (Å²) in [5, 5.41) is 10.8. The molecule has 0 aliphatic rings. The van der Waals surface area contributed by atoms with Crippen molar-refractivity contribution >= 4 is 21.5 Å². The van der Waals surface area contributed by atoms with Gasteiger partial charge in [0.2, 0.25) is 0 Å². The lowest BCUT2D eigenvalue weighted by Crippen LogP contribution is -2.16. The van der Waals surface area contributed by atoms with Gasteiger partial charge in [0, 0.05) is 17.7 Å². The SMILES string of the molecule is Cc1ccc([N+](=O)[O-])cc1S(=O)(=O)/N=C(\N)c1ccccc1. The molecular formula is C14H13N3O4S. The molecule has 2 rings (SSSR count). The van der Waals surface area contributed by atoms with Crippen molar-refractivity contribution in [2.45, 2.75) is 11.8 Å². The molecule has 7 nitrogen and oxygen atoms in total. The van der Waals surface area contributed by atoms with E-state index in [1.807, 2.05) is 0 Å². The molecule has 0 fully saturated rings. The van der Waals surface area contributed by atoms with E-state index in [0.717, 1.165) is 6.07 Å². The van der Waals surface area contributed by atoms with Gasteiger partial charge in [0.25, 0.3) is 15.7 Å². The van der Waals surface area contributed by atoms with E-state index < -0.39 is 14.9 Å². The van der Waals surface area contributed by atoms with Gasteiger partial charge in [0.1, 0.15) is 5.84 Å².